The van der Waals surface area contributed by atoms with Crippen LogP contribution in [0.2, 0.25) is 0 Å². The first kappa shape index (κ1) is 12.2. The summed E-state index contributed by atoms with van der Waals surface area (Å²) in [6, 6.07) is 0.484. The van der Waals surface area contributed by atoms with Gasteiger partial charge in [-0.3, -0.25) is 4.90 Å². The van der Waals surface area contributed by atoms with Gasteiger partial charge in [-0.2, -0.15) is 13.2 Å². The average molecular weight is 236 g/mol. The quantitative estimate of drug-likeness (QED) is 0.814. The van der Waals surface area contributed by atoms with E-state index in [9.17, 15) is 13.2 Å². The number of alkyl halides is 3. The van der Waals surface area contributed by atoms with Crippen LogP contribution >= 0.6 is 0 Å². The van der Waals surface area contributed by atoms with Gasteiger partial charge in [-0.15, -0.1) is 0 Å². The van der Waals surface area contributed by atoms with Crippen LogP contribution in [0.5, 0.6) is 0 Å². The number of nitrogens with two attached hydrogens (primary N) is 1. The Bertz CT molecular complexity index is 230. The van der Waals surface area contributed by atoms with Gasteiger partial charge in [0.1, 0.15) is 0 Å². The van der Waals surface area contributed by atoms with Gasteiger partial charge in [-0.05, 0) is 38.5 Å². The molecule has 2 N–H and O–H groups in total. The second-order valence-electron chi connectivity index (χ2n) is 5.09. The number of hydrogen-bond donors (Lipinski definition) is 1. The van der Waals surface area contributed by atoms with Crippen LogP contribution in [0.15, 0.2) is 0 Å². The Morgan fingerprint density at radius 2 is 1.38 bits per heavy atom. The van der Waals surface area contributed by atoms with Crippen LogP contribution < -0.4 is 5.73 Å². The number of rotatable bonds is 3. The third kappa shape index (κ3) is 3.35. The topological polar surface area (TPSA) is 29.3 Å². The van der Waals surface area contributed by atoms with E-state index in [1.807, 2.05) is 0 Å². The zero-order valence-corrected chi connectivity index (χ0v) is 9.34. The molecular weight excluding hydrogens is 217 g/mol. The van der Waals surface area contributed by atoms with Crippen molar-refractivity contribution >= 4 is 0 Å². The molecule has 0 aromatic carbocycles. The highest BCUT2D eigenvalue weighted by Crippen LogP contribution is 2.35. The van der Waals surface area contributed by atoms with Crippen molar-refractivity contribution in [1.82, 2.24) is 4.90 Å². The standard InChI is InChI=1S/C11H19F3N2/c12-11(13,14)7-16(10-5-6-10)9-3-1-8(15)2-4-9/h8-10H,1-7,15H2. The normalized spacial score (nSPS) is 32.1. The van der Waals surface area contributed by atoms with Crippen molar-refractivity contribution < 1.29 is 13.2 Å². The maximum absolute atomic E-state index is 12.5. The molecule has 0 amide bonds. The molecule has 0 heterocycles. The van der Waals surface area contributed by atoms with Gasteiger partial charge in [0.2, 0.25) is 0 Å². The molecule has 0 bridgehead atoms. The highest BCUT2D eigenvalue weighted by Gasteiger charge is 2.41. The second-order valence-corrected chi connectivity index (χ2v) is 5.09. The lowest BCUT2D eigenvalue weighted by Gasteiger charge is -2.36. The molecule has 16 heavy (non-hydrogen) atoms. The van der Waals surface area contributed by atoms with E-state index in [2.05, 4.69) is 0 Å². The van der Waals surface area contributed by atoms with Gasteiger partial charge < -0.3 is 5.73 Å². The fraction of sp³-hybridized carbons (Fsp3) is 1.00. The molecule has 5 heteroatoms. The zero-order valence-electron chi connectivity index (χ0n) is 9.34. The number of hydrogen-bond acceptors (Lipinski definition) is 2. The van der Waals surface area contributed by atoms with Crippen molar-refractivity contribution in [3.8, 4) is 0 Å². The summed E-state index contributed by atoms with van der Waals surface area (Å²) in [6.07, 6.45) is 1.18. The fourth-order valence-electron chi connectivity index (χ4n) is 2.60. The van der Waals surface area contributed by atoms with E-state index in [0.29, 0.717) is 0 Å². The molecule has 2 saturated carbocycles. The minimum atomic E-state index is -4.07. The Labute approximate surface area is 94.0 Å². The lowest BCUT2D eigenvalue weighted by Crippen LogP contribution is -2.46. The van der Waals surface area contributed by atoms with Gasteiger partial charge in [-0.25, -0.2) is 0 Å². The molecule has 2 aliphatic rings. The Hall–Kier alpha value is -0.290. The first-order valence-corrected chi connectivity index (χ1v) is 6.04. The van der Waals surface area contributed by atoms with Crippen molar-refractivity contribution in [3.05, 3.63) is 0 Å². The van der Waals surface area contributed by atoms with Gasteiger partial charge >= 0.3 is 6.18 Å². The molecule has 2 aliphatic carbocycles. The molecule has 0 spiro atoms. The molecular formula is C11H19F3N2. The zero-order chi connectivity index (χ0) is 11.8. The Morgan fingerprint density at radius 1 is 0.938 bits per heavy atom. The smallest absolute Gasteiger partial charge is 0.328 e. The molecule has 0 aliphatic heterocycles. The van der Waals surface area contributed by atoms with Crippen molar-refractivity contribution in [1.29, 1.82) is 0 Å². The summed E-state index contributed by atoms with van der Waals surface area (Å²) in [6.45, 7) is -0.739. The van der Waals surface area contributed by atoms with E-state index in [1.54, 1.807) is 4.90 Å². The molecule has 0 saturated heterocycles. The van der Waals surface area contributed by atoms with E-state index in [-0.39, 0.29) is 18.1 Å². The van der Waals surface area contributed by atoms with Crippen molar-refractivity contribution in [2.45, 2.75) is 62.8 Å². The first-order valence-electron chi connectivity index (χ1n) is 6.04. The summed E-state index contributed by atoms with van der Waals surface area (Å²) in [5, 5.41) is 0. The van der Waals surface area contributed by atoms with Gasteiger partial charge in [0, 0.05) is 18.1 Å². The van der Waals surface area contributed by atoms with E-state index in [1.165, 1.54) is 0 Å². The predicted molar refractivity (Wildman–Crippen MR) is 56.0 cm³/mol. The molecule has 0 aromatic rings. The SMILES string of the molecule is NC1CCC(N(CC(F)(F)F)C2CC2)CC1. The molecule has 2 rings (SSSR count). The third-order valence-electron chi connectivity index (χ3n) is 3.59. The molecule has 0 atom stereocenters. The average Bonchev–Trinajstić information content (AvgIpc) is 2.97. The lowest BCUT2D eigenvalue weighted by molar-refractivity contribution is -0.153. The van der Waals surface area contributed by atoms with Crippen molar-refractivity contribution in [2.75, 3.05) is 6.54 Å². The van der Waals surface area contributed by atoms with Crippen LogP contribution in [-0.2, 0) is 0 Å². The lowest BCUT2D eigenvalue weighted by atomic mass is 9.90. The fourth-order valence-corrected chi connectivity index (χ4v) is 2.60. The maximum atomic E-state index is 12.5. The van der Waals surface area contributed by atoms with Crippen LogP contribution in [0.4, 0.5) is 13.2 Å². The van der Waals surface area contributed by atoms with E-state index < -0.39 is 12.7 Å². The summed E-state index contributed by atoms with van der Waals surface area (Å²) >= 11 is 0. The Balaban J connectivity index is 1.91. The molecule has 2 fully saturated rings. The highest BCUT2D eigenvalue weighted by atomic mass is 19.4. The highest BCUT2D eigenvalue weighted by molar-refractivity contribution is 4.92. The Kier molecular flexibility index (Phi) is 3.45. The summed E-state index contributed by atoms with van der Waals surface area (Å²) in [5.74, 6) is 0. The molecule has 0 aromatic heterocycles. The number of halogens is 3. The number of nitrogens with zero attached hydrogens (tertiary/aromatic N) is 1. The Morgan fingerprint density at radius 3 is 1.75 bits per heavy atom. The first-order chi connectivity index (χ1) is 7.46. The van der Waals surface area contributed by atoms with Gasteiger partial charge in [0.05, 0.1) is 6.54 Å². The van der Waals surface area contributed by atoms with Crippen LogP contribution in [0, 0.1) is 0 Å². The van der Waals surface area contributed by atoms with Crippen LogP contribution in [0.1, 0.15) is 38.5 Å². The summed E-state index contributed by atoms with van der Waals surface area (Å²) < 4.78 is 37.4. The summed E-state index contributed by atoms with van der Waals surface area (Å²) in [7, 11) is 0. The monoisotopic (exact) mass is 236 g/mol. The van der Waals surface area contributed by atoms with E-state index in [0.717, 1.165) is 38.5 Å². The molecule has 0 radical (unpaired) electrons. The second kappa shape index (κ2) is 4.53. The van der Waals surface area contributed by atoms with Crippen molar-refractivity contribution in [3.63, 3.8) is 0 Å². The van der Waals surface area contributed by atoms with Crippen LogP contribution in [0.25, 0.3) is 0 Å². The third-order valence-corrected chi connectivity index (χ3v) is 3.59. The maximum Gasteiger partial charge on any atom is 0.401 e. The summed E-state index contributed by atoms with van der Waals surface area (Å²) in [5.41, 5.74) is 5.78. The molecule has 94 valence electrons. The molecule has 2 nitrogen and oxygen atoms in total. The van der Waals surface area contributed by atoms with Gasteiger partial charge in [0.15, 0.2) is 0 Å². The summed E-state index contributed by atoms with van der Waals surface area (Å²) in [4.78, 5) is 1.67. The van der Waals surface area contributed by atoms with Gasteiger partial charge in [0.25, 0.3) is 0 Å². The minimum absolute atomic E-state index is 0.105. The van der Waals surface area contributed by atoms with Crippen molar-refractivity contribution in [2.24, 2.45) is 5.73 Å². The van der Waals surface area contributed by atoms with Crippen LogP contribution in [0.3, 0.4) is 0 Å². The predicted octanol–water partition coefficient (Wildman–Crippen LogP) is 2.28. The minimum Gasteiger partial charge on any atom is -0.328 e. The molecule has 0 unspecified atom stereocenters. The largest absolute Gasteiger partial charge is 0.401 e. The van der Waals surface area contributed by atoms with E-state index in [4.69, 9.17) is 5.73 Å². The van der Waals surface area contributed by atoms with E-state index >= 15 is 0 Å². The van der Waals surface area contributed by atoms with Gasteiger partial charge in [-0.1, -0.05) is 0 Å². The van der Waals surface area contributed by atoms with Crippen LogP contribution in [-0.4, -0.2) is 35.7 Å².